The molecule has 1 N–H and O–H groups in total. The molecule has 2 aromatic heterocycles. The van der Waals surface area contributed by atoms with Crippen LogP contribution in [-0.4, -0.2) is 41.4 Å². The smallest absolute Gasteiger partial charge is 0.341 e. The number of anilines is 1. The van der Waals surface area contributed by atoms with Gasteiger partial charge in [0, 0.05) is 24.0 Å². The lowest BCUT2D eigenvalue weighted by Crippen LogP contribution is -2.30. The molecule has 0 aliphatic carbocycles. The van der Waals surface area contributed by atoms with Crippen LogP contribution in [0.4, 0.5) is 10.0 Å². The van der Waals surface area contributed by atoms with Crippen molar-refractivity contribution in [2.75, 3.05) is 25.0 Å². The number of likely N-dealkylation sites (N-methyl/N-ethyl adjacent to an activating group) is 1. The fraction of sp³-hybridized carbons (Fsp3) is 0.412. The number of thiophene rings is 2. The van der Waals surface area contributed by atoms with E-state index in [9.17, 15) is 19.7 Å². The van der Waals surface area contributed by atoms with Crippen LogP contribution in [0.1, 0.15) is 44.3 Å². The van der Waals surface area contributed by atoms with Gasteiger partial charge in [0.25, 0.3) is 5.91 Å². The van der Waals surface area contributed by atoms with Crippen LogP contribution >= 0.6 is 22.7 Å². The van der Waals surface area contributed by atoms with E-state index in [1.54, 1.807) is 6.92 Å². The number of nitrogens with one attached hydrogen (secondary N) is 1. The molecule has 27 heavy (non-hydrogen) atoms. The molecule has 3 rings (SSSR count). The summed E-state index contributed by atoms with van der Waals surface area (Å²) >= 11 is 2.17. The zero-order valence-corrected chi connectivity index (χ0v) is 16.6. The summed E-state index contributed by atoms with van der Waals surface area (Å²) in [6.07, 6.45) is 0.716. The fourth-order valence-corrected chi connectivity index (χ4v) is 4.94. The molecular formula is C17H19N3O5S2. The number of nitrogens with zero attached hydrogens (tertiary/aromatic N) is 2. The predicted molar refractivity (Wildman–Crippen MR) is 104 cm³/mol. The summed E-state index contributed by atoms with van der Waals surface area (Å²) in [5, 5.41) is 13.9. The van der Waals surface area contributed by atoms with Gasteiger partial charge in [-0.15, -0.1) is 11.3 Å². The number of esters is 1. The Balaban J connectivity index is 1.91. The van der Waals surface area contributed by atoms with Gasteiger partial charge in [0.15, 0.2) is 0 Å². The van der Waals surface area contributed by atoms with E-state index in [1.807, 2.05) is 0 Å². The first-order chi connectivity index (χ1) is 12.9. The first-order valence-electron chi connectivity index (χ1n) is 8.54. The molecule has 0 bridgehead atoms. The Morgan fingerprint density at radius 2 is 2.11 bits per heavy atom. The van der Waals surface area contributed by atoms with Gasteiger partial charge in [-0.05, 0) is 31.5 Å². The molecule has 144 valence electrons. The Kier molecular flexibility index (Phi) is 5.88. The van der Waals surface area contributed by atoms with E-state index in [0.717, 1.165) is 41.4 Å². The van der Waals surface area contributed by atoms with Gasteiger partial charge < -0.3 is 10.1 Å². The number of fused-ring (bicyclic) bond motifs is 1. The third-order valence-corrected chi connectivity index (χ3v) is 6.45. The molecule has 0 spiro atoms. The van der Waals surface area contributed by atoms with Crippen LogP contribution in [0.25, 0.3) is 0 Å². The van der Waals surface area contributed by atoms with Crippen molar-refractivity contribution in [2.45, 2.75) is 26.8 Å². The van der Waals surface area contributed by atoms with Crippen LogP contribution in [0, 0.1) is 10.1 Å². The number of hydrogen-bond acceptors (Lipinski definition) is 8. The molecule has 3 heterocycles. The van der Waals surface area contributed by atoms with Crippen LogP contribution in [0.2, 0.25) is 0 Å². The van der Waals surface area contributed by atoms with Crippen molar-refractivity contribution in [2.24, 2.45) is 0 Å². The van der Waals surface area contributed by atoms with Gasteiger partial charge >= 0.3 is 11.0 Å². The van der Waals surface area contributed by atoms with Gasteiger partial charge in [0.1, 0.15) is 5.00 Å². The number of rotatable bonds is 6. The summed E-state index contributed by atoms with van der Waals surface area (Å²) in [6.45, 7) is 6.54. The maximum atomic E-state index is 12.5. The maximum Gasteiger partial charge on any atom is 0.341 e. The highest BCUT2D eigenvalue weighted by atomic mass is 32.1. The molecule has 8 nitrogen and oxygen atoms in total. The van der Waals surface area contributed by atoms with Crippen LogP contribution in [0.15, 0.2) is 12.1 Å². The van der Waals surface area contributed by atoms with Crippen molar-refractivity contribution in [3.63, 3.8) is 0 Å². The van der Waals surface area contributed by atoms with E-state index in [0.29, 0.717) is 17.0 Å². The highest BCUT2D eigenvalue weighted by Gasteiger charge is 2.29. The average molecular weight is 409 g/mol. The average Bonchev–Trinajstić information content (AvgIpc) is 3.26. The molecule has 0 unspecified atom stereocenters. The number of ether oxygens (including phenoxy) is 1. The molecular weight excluding hydrogens is 390 g/mol. The molecule has 0 saturated heterocycles. The van der Waals surface area contributed by atoms with Crippen molar-refractivity contribution in [1.29, 1.82) is 0 Å². The lowest BCUT2D eigenvalue weighted by molar-refractivity contribution is -0.380. The van der Waals surface area contributed by atoms with Gasteiger partial charge in [-0.3, -0.25) is 19.8 Å². The Bertz CT molecular complexity index is 889. The predicted octanol–water partition coefficient (Wildman–Crippen LogP) is 3.52. The second-order valence-electron chi connectivity index (χ2n) is 5.90. The Labute approximate surface area is 163 Å². The van der Waals surface area contributed by atoms with E-state index >= 15 is 0 Å². The minimum absolute atomic E-state index is 0.102. The summed E-state index contributed by atoms with van der Waals surface area (Å²) in [4.78, 5) is 38.8. The zero-order chi connectivity index (χ0) is 19.6. The lowest BCUT2D eigenvalue weighted by atomic mass is 10.0. The monoisotopic (exact) mass is 409 g/mol. The van der Waals surface area contributed by atoms with Crippen molar-refractivity contribution in [3.8, 4) is 0 Å². The standard InChI is InChI=1S/C17H19N3O5S2/c1-3-19-8-7-10-12(9-19)27-16(14(10)17(22)25-4-2)18-15(21)11-5-6-13(26-11)20(23)24/h5-6H,3-4,7-9H2,1-2H3,(H,18,21). The highest BCUT2D eigenvalue weighted by molar-refractivity contribution is 7.18. The zero-order valence-electron chi connectivity index (χ0n) is 14.9. The van der Waals surface area contributed by atoms with Crippen molar-refractivity contribution < 1.29 is 19.2 Å². The topological polar surface area (TPSA) is 102 Å². The molecule has 1 aliphatic rings. The molecule has 0 fully saturated rings. The number of carbonyl (C=O) groups is 2. The highest BCUT2D eigenvalue weighted by Crippen LogP contribution is 2.38. The third kappa shape index (κ3) is 4.02. The number of amides is 1. The van der Waals surface area contributed by atoms with E-state index in [-0.39, 0.29) is 16.5 Å². The second kappa shape index (κ2) is 8.15. The SMILES string of the molecule is CCOC(=O)c1c(NC(=O)c2ccc([N+](=O)[O-])s2)sc2c1CCN(CC)C2. The van der Waals surface area contributed by atoms with Gasteiger partial charge in [-0.25, -0.2) is 4.79 Å². The van der Waals surface area contributed by atoms with E-state index in [1.165, 1.54) is 23.5 Å². The van der Waals surface area contributed by atoms with Gasteiger partial charge in [0.2, 0.25) is 0 Å². The first-order valence-corrected chi connectivity index (χ1v) is 10.2. The molecule has 0 atom stereocenters. The minimum atomic E-state index is -0.533. The van der Waals surface area contributed by atoms with Crippen LogP contribution in [0.3, 0.4) is 0 Å². The lowest BCUT2D eigenvalue weighted by Gasteiger charge is -2.25. The molecule has 0 radical (unpaired) electrons. The third-order valence-electron chi connectivity index (χ3n) is 4.29. The Morgan fingerprint density at radius 1 is 1.33 bits per heavy atom. The molecule has 10 heteroatoms. The van der Waals surface area contributed by atoms with E-state index in [2.05, 4.69) is 17.1 Å². The fourth-order valence-electron chi connectivity index (χ4n) is 2.95. The van der Waals surface area contributed by atoms with Crippen molar-refractivity contribution in [1.82, 2.24) is 4.90 Å². The van der Waals surface area contributed by atoms with Crippen LogP contribution < -0.4 is 5.32 Å². The normalized spacial score (nSPS) is 13.9. The van der Waals surface area contributed by atoms with Crippen molar-refractivity contribution >= 4 is 44.6 Å². The van der Waals surface area contributed by atoms with Crippen molar-refractivity contribution in [3.05, 3.63) is 43.1 Å². The van der Waals surface area contributed by atoms with Gasteiger partial charge in [-0.1, -0.05) is 18.3 Å². The number of hydrogen-bond donors (Lipinski definition) is 1. The number of nitro groups is 1. The van der Waals surface area contributed by atoms with Gasteiger partial charge in [-0.2, -0.15) is 0 Å². The largest absolute Gasteiger partial charge is 0.462 e. The summed E-state index contributed by atoms with van der Waals surface area (Å²) < 4.78 is 5.19. The summed E-state index contributed by atoms with van der Waals surface area (Å²) in [6, 6.07) is 2.71. The Morgan fingerprint density at radius 3 is 2.74 bits per heavy atom. The first kappa shape index (κ1) is 19.5. The summed E-state index contributed by atoms with van der Waals surface area (Å²) in [7, 11) is 0. The second-order valence-corrected chi connectivity index (χ2v) is 8.06. The summed E-state index contributed by atoms with van der Waals surface area (Å²) in [5.74, 6) is -0.919. The summed E-state index contributed by atoms with van der Waals surface area (Å²) in [5.41, 5.74) is 1.34. The maximum absolute atomic E-state index is 12.5. The molecule has 1 amide bonds. The minimum Gasteiger partial charge on any atom is -0.462 e. The van der Waals surface area contributed by atoms with Crippen LogP contribution in [0.5, 0.6) is 0 Å². The molecule has 2 aromatic rings. The molecule has 0 saturated carbocycles. The number of carbonyl (C=O) groups excluding carboxylic acids is 2. The van der Waals surface area contributed by atoms with Crippen LogP contribution in [-0.2, 0) is 17.7 Å². The van der Waals surface area contributed by atoms with Gasteiger partial charge in [0.05, 0.1) is 22.0 Å². The van der Waals surface area contributed by atoms with E-state index in [4.69, 9.17) is 4.74 Å². The quantitative estimate of drug-likeness (QED) is 0.445. The molecule has 1 aliphatic heterocycles. The Hall–Kier alpha value is -2.30. The van der Waals surface area contributed by atoms with E-state index < -0.39 is 16.8 Å². The molecule has 0 aromatic carbocycles.